The Hall–Kier alpha value is -1.60. The van der Waals surface area contributed by atoms with Crippen molar-refractivity contribution >= 4 is 28.1 Å². The number of halogens is 1. The Labute approximate surface area is 105 Å². The number of aliphatic imine (C=N–C) groups is 1. The summed E-state index contributed by atoms with van der Waals surface area (Å²) >= 11 is 5.78. The Bertz CT molecular complexity index is 626. The number of allylic oxidation sites excluding steroid dienone is 2. The lowest BCUT2D eigenvalue weighted by atomic mass is 10.0. The highest BCUT2D eigenvalue weighted by molar-refractivity contribution is 6.20. The minimum atomic E-state index is 0.497. The minimum Gasteiger partial charge on any atom is -0.256 e. The van der Waals surface area contributed by atoms with E-state index in [1.54, 1.807) is 0 Å². The molecule has 2 aromatic carbocycles. The molecule has 2 aromatic rings. The summed E-state index contributed by atoms with van der Waals surface area (Å²) in [6, 6.07) is 14.8. The fourth-order valence-corrected chi connectivity index (χ4v) is 2.28. The van der Waals surface area contributed by atoms with E-state index < -0.39 is 0 Å². The molecule has 0 aliphatic carbocycles. The number of hydrogen-bond acceptors (Lipinski definition) is 1. The van der Waals surface area contributed by atoms with Crippen LogP contribution in [0, 0.1) is 0 Å². The van der Waals surface area contributed by atoms with Gasteiger partial charge in [-0.2, -0.15) is 0 Å². The summed E-state index contributed by atoms with van der Waals surface area (Å²) in [7, 11) is 0. The Morgan fingerprint density at radius 2 is 1.88 bits per heavy atom. The van der Waals surface area contributed by atoms with E-state index in [1.165, 1.54) is 16.3 Å². The lowest BCUT2D eigenvalue weighted by Gasteiger charge is -2.03. The number of benzene rings is 2. The molecule has 1 nitrogen and oxygen atoms in total. The Kier molecular flexibility index (Phi) is 2.69. The van der Waals surface area contributed by atoms with Gasteiger partial charge in [0, 0.05) is 6.42 Å². The topological polar surface area (TPSA) is 12.4 Å². The van der Waals surface area contributed by atoms with Crippen molar-refractivity contribution in [1.29, 1.82) is 0 Å². The second kappa shape index (κ2) is 4.34. The van der Waals surface area contributed by atoms with Crippen LogP contribution in [0.2, 0.25) is 0 Å². The Morgan fingerprint density at radius 3 is 2.65 bits per heavy atom. The van der Waals surface area contributed by atoms with Gasteiger partial charge in [0.2, 0.25) is 0 Å². The van der Waals surface area contributed by atoms with Crippen LogP contribution in [-0.4, -0.2) is 11.6 Å². The van der Waals surface area contributed by atoms with Gasteiger partial charge in [0.05, 0.1) is 17.3 Å². The second-order valence-corrected chi connectivity index (χ2v) is 4.42. The monoisotopic (exact) mass is 241 g/mol. The van der Waals surface area contributed by atoms with Crippen LogP contribution in [0.3, 0.4) is 0 Å². The van der Waals surface area contributed by atoms with Gasteiger partial charge in [-0.3, -0.25) is 4.99 Å². The van der Waals surface area contributed by atoms with Gasteiger partial charge in [0.1, 0.15) is 0 Å². The summed E-state index contributed by atoms with van der Waals surface area (Å²) < 4.78 is 0. The standard InChI is InChI=1S/C15H12ClN/c16-10-14-7-8-15(17-14)13-6-5-11-3-1-2-4-12(11)9-13/h1-7,9H,8,10H2. The molecular formula is C15H12ClN. The number of fused-ring (bicyclic) bond motifs is 1. The predicted molar refractivity (Wildman–Crippen MR) is 73.9 cm³/mol. The summed E-state index contributed by atoms with van der Waals surface area (Å²) in [5.41, 5.74) is 3.29. The maximum atomic E-state index is 5.78. The van der Waals surface area contributed by atoms with Crippen molar-refractivity contribution < 1.29 is 0 Å². The Balaban J connectivity index is 2.02. The maximum Gasteiger partial charge on any atom is 0.0644 e. The maximum absolute atomic E-state index is 5.78. The van der Waals surface area contributed by atoms with Gasteiger partial charge in [0.15, 0.2) is 0 Å². The van der Waals surface area contributed by atoms with Gasteiger partial charge in [-0.15, -0.1) is 11.6 Å². The zero-order valence-corrected chi connectivity index (χ0v) is 10.1. The molecule has 2 heteroatoms. The highest BCUT2D eigenvalue weighted by Crippen LogP contribution is 2.21. The van der Waals surface area contributed by atoms with E-state index in [-0.39, 0.29) is 0 Å². The zero-order chi connectivity index (χ0) is 11.7. The van der Waals surface area contributed by atoms with Crippen LogP contribution < -0.4 is 0 Å². The van der Waals surface area contributed by atoms with E-state index in [9.17, 15) is 0 Å². The quantitative estimate of drug-likeness (QED) is 0.701. The van der Waals surface area contributed by atoms with Gasteiger partial charge in [-0.25, -0.2) is 0 Å². The van der Waals surface area contributed by atoms with Gasteiger partial charge < -0.3 is 0 Å². The SMILES string of the molecule is ClCC1=CCC(c2ccc3ccccc3c2)=N1. The van der Waals surface area contributed by atoms with Crippen molar-refractivity contribution in [3.8, 4) is 0 Å². The molecule has 0 fully saturated rings. The molecule has 0 saturated heterocycles. The van der Waals surface area contributed by atoms with Crippen molar-refractivity contribution in [3.63, 3.8) is 0 Å². The van der Waals surface area contributed by atoms with Gasteiger partial charge in [0.25, 0.3) is 0 Å². The molecule has 0 aromatic heterocycles. The molecular weight excluding hydrogens is 230 g/mol. The summed E-state index contributed by atoms with van der Waals surface area (Å²) in [6.07, 6.45) is 2.98. The number of alkyl halides is 1. The summed E-state index contributed by atoms with van der Waals surface area (Å²) in [6.45, 7) is 0. The van der Waals surface area contributed by atoms with Gasteiger partial charge in [-0.05, 0) is 22.4 Å². The van der Waals surface area contributed by atoms with Gasteiger partial charge >= 0.3 is 0 Å². The minimum absolute atomic E-state index is 0.497. The first-order chi connectivity index (χ1) is 8.36. The van der Waals surface area contributed by atoms with Crippen LogP contribution in [0.4, 0.5) is 0 Å². The van der Waals surface area contributed by atoms with Crippen molar-refractivity contribution in [1.82, 2.24) is 0 Å². The molecule has 17 heavy (non-hydrogen) atoms. The summed E-state index contributed by atoms with van der Waals surface area (Å²) in [5, 5.41) is 2.52. The molecule has 0 atom stereocenters. The first kappa shape index (κ1) is 10.5. The average molecular weight is 242 g/mol. The van der Waals surface area contributed by atoms with Crippen LogP contribution in [0.1, 0.15) is 12.0 Å². The number of nitrogens with zero attached hydrogens (tertiary/aromatic N) is 1. The van der Waals surface area contributed by atoms with Crippen LogP contribution in [0.5, 0.6) is 0 Å². The van der Waals surface area contributed by atoms with Crippen LogP contribution in [0.25, 0.3) is 10.8 Å². The van der Waals surface area contributed by atoms with E-state index in [0.29, 0.717) is 5.88 Å². The fraction of sp³-hybridized carbons (Fsp3) is 0.133. The van der Waals surface area contributed by atoms with Crippen molar-refractivity contribution in [2.45, 2.75) is 6.42 Å². The van der Waals surface area contributed by atoms with E-state index in [2.05, 4.69) is 53.5 Å². The fourth-order valence-electron chi connectivity index (χ4n) is 2.11. The summed E-state index contributed by atoms with van der Waals surface area (Å²) in [4.78, 5) is 4.53. The first-order valence-electron chi connectivity index (χ1n) is 5.68. The molecule has 0 amide bonds. The number of rotatable bonds is 2. The summed E-state index contributed by atoms with van der Waals surface area (Å²) in [5.74, 6) is 0.497. The molecule has 0 saturated carbocycles. The molecule has 0 spiro atoms. The van der Waals surface area contributed by atoms with Gasteiger partial charge in [-0.1, -0.05) is 42.5 Å². The van der Waals surface area contributed by atoms with Crippen LogP contribution >= 0.6 is 11.6 Å². The lowest BCUT2D eigenvalue weighted by Crippen LogP contribution is -1.95. The predicted octanol–water partition coefficient (Wildman–Crippen LogP) is 4.16. The second-order valence-electron chi connectivity index (χ2n) is 4.15. The largest absolute Gasteiger partial charge is 0.256 e. The van der Waals surface area contributed by atoms with Crippen molar-refractivity contribution in [2.24, 2.45) is 4.99 Å². The molecule has 0 bridgehead atoms. The van der Waals surface area contributed by atoms with Crippen molar-refractivity contribution in [2.75, 3.05) is 5.88 Å². The highest BCUT2D eigenvalue weighted by Gasteiger charge is 2.10. The smallest absolute Gasteiger partial charge is 0.0644 e. The molecule has 3 rings (SSSR count). The molecule has 0 radical (unpaired) electrons. The zero-order valence-electron chi connectivity index (χ0n) is 9.36. The lowest BCUT2D eigenvalue weighted by molar-refractivity contribution is 1.34. The van der Waals surface area contributed by atoms with E-state index in [1.807, 2.05) is 0 Å². The van der Waals surface area contributed by atoms with E-state index >= 15 is 0 Å². The molecule has 1 aliphatic heterocycles. The third-order valence-corrected chi connectivity index (χ3v) is 3.30. The third kappa shape index (κ3) is 1.98. The number of hydrogen-bond donors (Lipinski definition) is 0. The Morgan fingerprint density at radius 1 is 1.06 bits per heavy atom. The molecule has 84 valence electrons. The average Bonchev–Trinajstić information content (AvgIpc) is 2.87. The first-order valence-corrected chi connectivity index (χ1v) is 6.22. The highest BCUT2D eigenvalue weighted by atomic mass is 35.5. The third-order valence-electron chi connectivity index (χ3n) is 3.03. The van der Waals surface area contributed by atoms with E-state index in [4.69, 9.17) is 11.6 Å². The molecule has 0 N–H and O–H groups in total. The van der Waals surface area contributed by atoms with Crippen LogP contribution in [0.15, 0.2) is 59.2 Å². The van der Waals surface area contributed by atoms with E-state index in [0.717, 1.165) is 17.8 Å². The molecule has 1 aliphatic rings. The normalized spacial score (nSPS) is 14.9. The molecule has 0 unspecified atom stereocenters. The van der Waals surface area contributed by atoms with Crippen LogP contribution in [-0.2, 0) is 0 Å². The molecule has 1 heterocycles. The van der Waals surface area contributed by atoms with Crippen molar-refractivity contribution in [3.05, 3.63) is 59.8 Å².